The third kappa shape index (κ3) is 2.97. The molecule has 0 saturated heterocycles. The summed E-state index contributed by atoms with van der Waals surface area (Å²) in [4.78, 5) is 11.8. The lowest BCUT2D eigenvalue weighted by Gasteiger charge is -2.09. The predicted octanol–water partition coefficient (Wildman–Crippen LogP) is 2.61. The molecule has 0 aliphatic carbocycles. The minimum absolute atomic E-state index is 0.00759. The molecule has 4 heteroatoms. The number of aliphatic hydroxyl groups excluding tert-OH is 1. The summed E-state index contributed by atoms with van der Waals surface area (Å²) < 4.78 is 5.14. The normalized spacial score (nSPS) is 10.2. The molecule has 0 aromatic heterocycles. The summed E-state index contributed by atoms with van der Waals surface area (Å²) in [5.74, 6) is 0.470. The van der Waals surface area contributed by atoms with Crippen LogP contribution in [0.15, 0.2) is 12.1 Å². The topological polar surface area (TPSA) is 46.5 Å². The van der Waals surface area contributed by atoms with E-state index in [0.717, 1.165) is 5.56 Å². The Hall–Kier alpha value is -1.06. The molecule has 0 bridgehead atoms. The lowest BCUT2D eigenvalue weighted by molar-refractivity contribution is 0.0968. The van der Waals surface area contributed by atoms with Crippen LogP contribution in [0.2, 0.25) is 5.02 Å². The number of ether oxygens (including phenoxy) is 1. The fourth-order valence-electron chi connectivity index (χ4n) is 1.42. The molecular formula is C12H15ClO3. The maximum absolute atomic E-state index is 11.8. The Bertz CT molecular complexity index is 388. The summed E-state index contributed by atoms with van der Waals surface area (Å²) in [7, 11) is 1.52. The highest BCUT2D eigenvalue weighted by atomic mass is 35.5. The maximum atomic E-state index is 11.8. The van der Waals surface area contributed by atoms with E-state index in [1.807, 2.05) is 6.92 Å². The van der Waals surface area contributed by atoms with Gasteiger partial charge >= 0.3 is 0 Å². The molecule has 0 saturated carbocycles. The van der Waals surface area contributed by atoms with Crippen molar-refractivity contribution in [3.05, 3.63) is 28.3 Å². The molecule has 0 aliphatic heterocycles. The van der Waals surface area contributed by atoms with Gasteiger partial charge in [-0.15, -0.1) is 0 Å². The Labute approximate surface area is 100.0 Å². The standard InChI is InChI=1S/C12H15ClO3/c1-8-6-12(16-2)9(7-10(8)13)11(15)4-3-5-14/h6-7,14H,3-5H2,1-2H3. The minimum Gasteiger partial charge on any atom is -0.496 e. The van der Waals surface area contributed by atoms with Crippen molar-refractivity contribution in [1.82, 2.24) is 0 Å². The average molecular weight is 243 g/mol. The first-order valence-electron chi connectivity index (χ1n) is 5.08. The van der Waals surface area contributed by atoms with E-state index in [2.05, 4.69) is 0 Å². The van der Waals surface area contributed by atoms with Crippen molar-refractivity contribution in [3.63, 3.8) is 0 Å². The first-order chi connectivity index (χ1) is 7.60. The van der Waals surface area contributed by atoms with Crippen molar-refractivity contribution in [2.24, 2.45) is 0 Å². The SMILES string of the molecule is COc1cc(C)c(Cl)cc1C(=O)CCCO. The van der Waals surface area contributed by atoms with E-state index in [4.69, 9.17) is 21.4 Å². The number of aliphatic hydroxyl groups is 1. The van der Waals surface area contributed by atoms with E-state index in [1.165, 1.54) is 7.11 Å². The Morgan fingerprint density at radius 2 is 2.19 bits per heavy atom. The van der Waals surface area contributed by atoms with E-state index >= 15 is 0 Å². The zero-order valence-electron chi connectivity index (χ0n) is 9.42. The molecule has 0 spiro atoms. The second-order valence-electron chi connectivity index (χ2n) is 3.55. The number of carbonyl (C=O) groups excluding carboxylic acids is 1. The number of methoxy groups -OCH3 is 1. The molecule has 1 aromatic carbocycles. The zero-order valence-corrected chi connectivity index (χ0v) is 10.2. The van der Waals surface area contributed by atoms with Gasteiger partial charge in [0.2, 0.25) is 0 Å². The molecule has 0 heterocycles. The van der Waals surface area contributed by atoms with Gasteiger partial charge in [0.05, 0.1) is 12.7 Å². The highest BCUT2D eigenvalue weighted by molar-refractivity contribution is 6.31. The molecule has 0 radical (unpaired) electrons. The molecule has 88 valence electrons. The van der Waals surface area contributed by atoms with Gasteiger partial charge in [-0.25, -0.2) is 0 Å². The molecule has 16 heavy (non-hydrogen) atoms. The van der Waals surface area contributed by atoms with Gasteiger partial charge in [-0.05, 0) is 31.0 Å². The third-order valence-electron chi connectivity index (χ3n) is 2.34. The zero-order chi connectivity index (χ0) is 12.1. The van der Waals surface area contributed by atoms with Gasteiger partial charge in [-0.2, -0.15) is 0 Å². The molecule has 3 nitrogen and oxygen atoms in total. The van der Waals surface area contributed by atoms with Crippen LogP contribution in [0.25, 0.3) is 0 Å². The van der Waals surface area contributed by atoms with Crippen LogP contribution >= 0.6 is 11.6 Å². The summed E-state index contributed by atoms with van der Waals surface area (Å²) in [6, 6.07) is 3.37. The van der Waals surface area contributed by atoms with Crippen LogP contribution in [0.1, 0.15) is 28.8 Å². The van der Waals surface area contributed by atoms with Crippen molar-refractivity contribution < 1.29 is 14.6 Å². The highest BCUT2D eigenvalue weighted by Gasteiger charge is 2.13. The van der Waals surface area contributed by atoms with Crippen LogP contribution in [0.5, 0.6) is 5.75 Å². The van der Waals surface area contributed by atoms with Crippen LogP contribution in [0.4, 0.5) is 0 Å². The van der Waals surface area contributed by atoms with Gasteiger partial charge < -0.3 is 9.84 Å². The molecule has 1 N–H and O–H groups in total. The number of hydrogen-bond donors (Lipinski definition) is 1. The fraction of sp³-hybridized carbons (Fsp3) is 0.417. The summed E-state index contributed by atoms with van der Waals surface area (Å²) in [6.07, 6.45) is 0.750. The van der Waals surface area contributed by atoms with Gasteiger partial charge in [0.1, 0.15) is 5.75 Å². The second kappa shape index (κ2) is 5.87. The number of rotatable bonds is 5. The number of halogens is 1. The van der Waals surface area contributed by atoms with Gasteiger partial charge in [0.15, 0.2) is 5.78 Å². The number of hydrogen-bond acceptors (Lipinski definition) is 3. The highest BCUT2D eigenvalue weighted by Crippen LogP contribution is 2.27. The van der Waals surface area contributed by atoms with Crippen LogP contribution in [-0.2, 0) is 0 Å². The van der Waals surface area contributed by atoms with Gasteiger partial charge in [0.25, 0.3) is 0 Å². The Balaban J connectivity index is 3.02. The number of benzene rings is 1. The lowest BCUT2D eigenvalue weighted by Crippen LogP contribution is -2.04. The Kier molecular flexibility index (Phi) is 4.77. The average Bonchev–Trinajstić information content (AvgIpc) is 2.28. The van der Waals surface area contributed by atoms with Crippen LogP contribution in [-0.4, -0.2) is 24.6 Å². The largest absolute Gasteiger partial charge is 0.496 e. The molecule has 1 aromatic rings. The maximum Gasteiger partial charge on any atom is 0.166 e. The van der Waals surface area contributed by atoms with Crippen LogP contribution < -0.4 is 4.74 Å². The van der Waals surface area contributed by atoms with Crippen LogP contribution in [0, 0.1) is 6.92 Å². The van der Waals surface area contributed by atoms with Gasteiger partial charge in [0, 0.05) is 18.1 Å². The number of aryl methyl sites for hydroxylation is 1. The monoisotopic (exact) mass is 242 g/mol. The van der Waals surface area contributed by atoms with Gasteiger partial charge in [-0.1, -0.05) is 11.6 Å². The van der Waals surface area contributed by atoms with Crippen molar-refractivity contribution in [1.29, 1.82) is 0 Å². The quantitative estimate of drug-likeness (QED) is 0.808. The van der Waals surface area contributed by atoms with E-state index < -0.39 is 0 Å². The number of Topliss-reactive ketones (excluding diaryl/α,β-unsaturated/α-hetero) is 1. The first-order valence-corrected chi connectivity index (χ1v) is 5.46. The summed E-state index contributed by atoms with van der Waals surface area (Å²) >= 11 is 5.96. The summed E-state index contributed by atoms with van der Waals surface area (Å²) in [6.45, 7) is 1.86. The van der Waals surface area contributed by atoms with E-state index in [-0.39, 0.29) is 12.4 Å². The molecule has 0 atom stereocenters. The van der Waals surface area contributed by atoms with Gasteiger partial charge in [-0.3, -0.25) is 4.79 Å². The van der Waals surface area contributed by atoms with Crippen LogP contribution in [0.3, 0.4) is 0 Å². The minimum atomic E-state index is -0.0622. The summed E-state index contributed by atoms with van der Waals surface area (Å²) in [5.41, 5.74) is 1.35. The number of carbonyl (C=O) groups is 1. The molecule has 1 rings (SSSR count). The molecular weight excluding hydrogens is 228 g/mol. The van der Waals surface area contributed by atoms with Crippen molar-refractivity contribution >= 4 is 17.4 Å². The Morgan fingerprint density at radius 1 is 1.50 bits per heavy atom. The molecule has 0 fully saturated rings. The summed E-state index contributed by atoms with van der Waals surface area (Å²) in [5, 5.41) is 9.23. The van der Waals surface area contributed by atoms with Crippen molar-refractivity contribution in [2.45, 2.75) is 19.8 Å². The van der Waals surface area contributed by atoms with E-state index in [0.29, 0.717) is 29.2 Å². The predicted molar refractivity (Wildman–Crippen MR) is 63.4 cm³/mol. The smallest absolute Gasteiger partial charge is 0.166 e. The third-order valence-corrected chi connectivity index (χ3v) is 2.75. The Morgan fingerprint density at radius 3 is 2.75 bits per heavy atom. The molecule has 0 amide bonds. The van der Waals surface area contributed by atoms with Crippen molar-refractivity contribution in [3.8, 4) is 5.75 Å². The molecule has 0 aliphatic rings. The van der Waals surface area contributed by atoms with E-state index in [9.17, 15) is 4.79 Å². The lowest BCUT2D eigenvalue weighted by atomic mass is 10.0. The number of ketones is 1. The molecule has 0 unspecified atom stereocenters. The fourth-order valence-corrected chi connectivity index (χ4v) is 1.58. The van der Waals surface area contributed by atoms with E-state index in [1.54, 1.807) is 12.1 Å². The second-order valence-corrected chi connectivity index (χ2v) is 3.96. The first kappa shape index (κ1) is 13.0. The van der Waals surface area contributed by atoms with Crippen molar-refractivity contribution in [2.75, 3.05) is 13.7 Å².